The number of nitrogens with one attached hydrogen (secondary N) is 1. The molecule has 0 saturated carbocycles. The second kappa shape index (κ2) is 6.32. The molecule has 0 bridgehead atoms. The summed E-state index contributed by atoms with van der Waals surface area (Å²) in [7, 11) is 1.87. The van der Waals surface area contributed by atoms with Crippen molar-refractivity contribution in [2.24, 2.45) is 0 Å². The van der Waals surface area contributed by atoms with Crippen molar-refractivity contribution < 1.29 is 14.1 Å². The molecule has 0 aromatic heterocycles. The van der Waals surface area contributed by atoms with Crippen molar-refractivity contribution in [3.05, 3.63) is 64.0 Å². The number of nitro groups is 1. The molecule has 1 unspecified atom stereocenters. The van der Waals surface area contributed by atoms with Crippen LogP contribution in [0, 0.1) is 15.9 Å². The van der Waals surface area contributed by atoms with Crippen LogP contribution in [0.1, 0.15) is 18.5 Å². The van der Waals surface area contributed by atoms with Crippen molar-refractivity contribution in [2.75, 3.05) is 7.05 Å². The molecule has 0 aliphatic rings. The van der Waals surface area contributed by atoms with Gasteiger partial charge in [0.25, 0.3) is 0 Å². The van der Waals surface area contributed by atoms with Crippen molar-refractivity contribution in [2.45, 2.75) is 13.0 Å². The molecule has 110 valence electrons. The van der Waals surface area contributed by atoms with E-state index in [-0.39, 0.29) is 11.8 Å². The van der Waals surface area contributed by atoms with Crippen LogP contribution in [-0.2, 0) is 0 Å². The summed E-state index contributed by atoms with van der Waals surface area (Å²) in [4.78, 5) is 9.77. The Balaban J connectivity index is 2.15. The van der Waals surface area contributed by atoms with Gasteiger partial charge in [-0.3, -0.25) is 10.1 Å². The topological polar surface area (TPSA) is 64.4 Å². The summed E-state index contributed by atoms with van der Waals surface area (Å²) in [5, 5.41) is 13.7. The molecular formula is C15H15FN2O3. The Labute approximate surface area is 121 Å². The highest BCUT2D eigenvalue weighted by Crippen LogP contribution is 2.27. The molecule has 0 aliphatic carbocycles. The first-order chi connectivity index (χ1) is 10.0. The van der Waals surface area contributed by atoms with Gasteiger partial charge in [-0.15, -0.1) is 0 Å². The molecule has 2 aromatic rings. The zero-order valence-electron chi connectivity index (χ0n) is 11.7. The predicted molar refractivity (Wildman–Crippen MR) is 77.0 cm³/mol. The van der Waals surface area contributed by atoms with Crippen LogP contribution in [0.5, 0.6) is 11.5 Å². The number of ether oxygens (including phenoxy) is 1. The van der Waals surface area contributed by atoms with Crippen LogP contribution in [0.3, 0.4) is 0 Å². The van der Waals surface area contributed by atoms with E-state index in [1.165, 1.54) is 6.07 Å². The highest BCUT2D eigenvalue weighted by atomic mass is 19.1. The van der Waals surface area contributed by atoms with Gasteiger partial charge in [-0.25, -0.2) is 0 Å². The third-order valence-electron chi connectivity index (χ3n) is 3.16. The standard InChI is InChI=1S/C15H15FN2O3/c1-10(17-2)11-3-5-12(6-4-11)21-13-7-8-15(18(19)20)14(16)9-13/h3-10,17H,1-2H3. The molecular weight excluding hydrogens is 275 g/mol. The Hall–Kier alpha value is -2.47. The maximum Gasteiger partial charge on any atom is 0.305 e. The predicted octanol–water partition coefficient (Wildman–Crippen LogP) is 3.81. The van der Waals surface area contributed by atoms with E-state index in [1.54, 1.807) is 12.1 Å². The molecule has 6 heteroatoms. The number of rotatable bonds is 5. The Morgan fingerprint density at radius 1 is 1.19 bits per heavy atom. The average Bonchev–Trinajstić information content (AvgIpc) is 2.47. The summed E-state index contributed by atoms with van der Waals surface area (Å²) < 4.78 is 19.0. The van der Waals surface area contributed by atoms with Gasteiger partial charge in [0.1, 0.15) is 11.5 Å². The van der Waals surface area contributed by atoms with Crippen LogP contribution in [0.25, 0.3) is 0 Å². The van der Waals surface area contributed by atoms with E-state index < -0.39 is 16.4 Å². The minimum atomic E-state index is -0.919. The van der Waals surface area contributed by atoms with E-state index in [0.717, 1.165) is 17.7 Å². The van der Waals surface area contributed by atoms with Crippen LogP contribution in [0.15, 0.2) is 42.5 Å². The lowest BCUT2D eigenvalue weighted by atomic mass is 10.1. The molecule has 0 amide bonds. The number of nitro benzene ring substituents is 1. The van der Waals surface area contributed by atoms with E-state index in [1.807, 2.05) is 26.1 Å². The largest absolute Gasteiger partial charge is 0.457 e. The highest BCUT2D eigenvalue weighted by molar-refractivity contribution is 5.40. The molecule has 0 heterocycles. The Bertz CT molecular complexity index is 644. The third kappa shape index (κ3) is 3.55. The highest BCUT2D eigenvalue weighted by Gasteiger charge is 2.14. The van der Waals surface area contributed by atoms with Gasteiger partial charge in [-0.1, -0.05) is 12.1 Å². The van der Waals surface area contributed by atoms with Gasteiger partial charge in [0, 0.05) is 18.2 Å². The van der Waals surface area contributed by atoms with Crippen LogP contribution in [0.4, 0.5) is 10.1 Å². The summed E-state index contributed by atoms with van der Waals surface area (Å²) in [6, 6.07) is 11.0. The second-order valence-corrected chi connectivity index (χ2v) is 4.55. The molecule has 5 nitrogen and oxygen atoms in total. The van der Waals surface area contributed by atoms with Crippen molar-refractivity contribution >= 4 is 5.69 Å². The minimum absolute atomic E-state index is 0.215. The maximum atomic E-state index is 13.5. The van der Waals surface area contributed by atoms with Crippen LogP contribution >= 0.6 is 0 Å². The van der Waals surface area contributed by atoms with Gasteiger partial charge in [-0.05, 0) is 37.7 Å². The first-order valence-electron chi connectivity index (χ1n) is 6.40. The minimum Gasteiger partial charge on any atom is -0.457 e. The summed E-state index contributed by atoms with van der Waals surface area (Å²) in [5.74, 6) is -0.166. The van der Waals surface area contributed by atoms with Crippen LogP contribution in [0.2, 0.25) is 0 Å². The second-order valence-electron chi connectivity index (χ2n) is 4.55. The Morgan fingerprint density at radius 3 is 2.33 bits per heavy atom. The van der Waals surface area contributed by atoms with Gasteiger partial charge in [0.05, 0.1) is 4.92 Å². The molecule has 0 spiro atoms. The number of hydrogen-bond donors (Lipinski definition) is 1. The van der Waals surface area contributed by atoms with Crippen LogP contribution < -0.4 is 10.1 Å². The van der Waals surface area contributed by atoms with Gasteiger partial charge < -0.3 is 10.1 Å². The average molecular weight is 290 g/mol. The number of halogens is 1. The molecule has 1 atom stereocenters. The first-order valence-corrected chi connectivity index (χ1v) is 6.40. The SMILES string of the molecule is CNC(C)c1ccc(Oc2ccc([N+](=O)[O-])c(F)c2)cc1. The molecule has 2 aromatic carbocycles. The number of nitrogens with zero attached hydrogens (tertiary/aromatic N) is 1. The monoisotopic (exact) mass is 290 g/mol. The lowest BCUT2D eigenvalue weighted by molar-refractivity contribution is -0.387. The summed E-state index contributed by atoms with van der Waals surface area (Å²) in [6.45, 7) is 2.03. The van der Waals surface area contributed by atoms with Crippen molar-refractivity contribution in [1.29, 1.82) is 0 Å². The first kappa shape index (κ1) is 14.9. The van der Waals surface area contributed by atoms with Crippen molar-refractivity contribution in [3.8, 4) is 11.5 Å². The third-order valence-corrected chi connectivity index (χ3v) is 3.16. The Kier molecular flexibility index (Phi) is 4.49. The van der Waals surface area contributed by atoms with E-state index in [0.29, 0.717) is 5.75 Å². The molecule has 2 rings (SSSR count). The van der Waals surface area contributed by atoms with Crippen molar-refractivity contribution in [1.82, 2.24) is 5.32 Å². The normalized spacial score (nSPS) is 12.0. The Morgan fingerprint density at radius 2 is 1.81 bits per heavy atom. The van der Waals surface area contributed by atoms with E-state index in [9.17, 15) is 14.5 Å². The van der Waals surface area contributed by atoms with Gasteiger partial charge >= 0.3 is 5.69 Å². The van der Waals surface area contributed by atoms with Gasteiger partial charge in [0.15, 0.2) is 0 Å². The van der Waals surface area contributed by atoms with Gasteiger partial charge in [-0.2, -0.15) is 4.39 Å². The molecule has 0 radical (unpaired) electrons. The zero-order chi connectivity index (χ0) is 15.4. The van der Waals surface area contributed by atoms with Crippen LogP contribution in [-0.4, -0.2) is 12.0 Å². The zero-order valence-corrected chi connectivity index (χ0v) is 11.7. The molecule has 0 aliphatic heterocycles. The lowest BCUT2D eigenvalue weighted by Crippen LogP contribution is -2.11. The lowest BCUT2D eigenvalue weighted by Gasteiger charge is -2.11. The summed E-state index contributed by atoms with van der Waals surface area (Å²) >= 11 is 0. The molecule has 1 N–H and O–H groups in total. The smallest absolute Gasteiger partial charge is 0.305 e. The van der Waals surface area contributed by atoms with E-state index in [2.05, 4.69) is 5.32 Å². The number of hydrogen-bond acceptors (Lipinski definition) is 4. The van der Waals surface area contributed by atoms with E-state index >= 15 is 0 Å². The molecule has 0 fully saturated rings. The quantitative estimate of drug-likeness (QED) is 0.672. The fraction of sp³-hybridized carbons (Fsp3) is 0.200. The van der Waals surface area contributed by atoms with Gasteiger partial charge in [0.2, 0.25) is 5.82 Å². The molecule has 0 saturated heterocycles. The maximum absolute atomic E-state index is 13.5. The summed E-state index contributed by atoms with van der Waals surface area (Å²) in [6.07, 6.45) is 0. The fourth-order valence-corrected chi connectivity index (χ4v) is 1.83. The fourth-order valence-electron chi connectivity index (χ4n) is 1.83. The van der Waals surface area contributed by atoms with Crippen molar-refractivity contribution in [3.63, 3.8) is 0 Å². The van der Waals surface area contributed by atoms with E-state index in [4.69, 9.17) is 4.74 Å². The molecule has 21 heavy (non-hydrogen) atoms. The summed E-state index contributed by atoms with van der Waals surface area (Å²) in [5.41, 5.74) is 0.528. The number of benzene rings is 2.